The van der Waals surface area contributed by atoms with Crippen molar-refractivity contribution in [3.05, 3.63) is 106 Å². The second-order valence-electron chi connectivity index (χ2n) is 7.52. The van der Waals surface area contributed by atoms with E-state index in [9.17, 15) is 9.59 Å². The van der Waals surface area contributed by atoms with Crippen molar-refractivity contribution in [3.63, 3.8) is 0 Å². The summed E-state index contributed by atoms with van der Waals surface area (Å²) in [4.78, 5) is 25.2. The highest BCUT2D eigenvalue weighted by Crippen LogP contribution is 2.28. The van der Waals surface area contributed by atoms with Gasteiger partial charge >= 0.3 is 5.97 Å². The molecule has 0 aliphatic carbocycles. The van der Waals surface area contributed by atoms with Gasteiger partial charge in [-0.3, -0.25) is 4.79 Å². The van der Waals surface area contributed by atoms with Crippen molar-refractivity contribution in [2.75, 3.05) is 0 Å². The molecule has 4 aromatic rings. The molecule has 4 aromatic carbocycles. The molecule has 0 heterocycles. The average molecular weight is 507 g/mol. The molecule has 1 atom stereocenters. The number of nitrogens with one attached hydrogen (secondary N) is 1. The van der Waals surface area contributed by atoms with Crippen LogP contribution in [0.3, 0.4) is 0 Å². The molecule has 8 heteroatoms. The Morgan fingerprint density at radius 3 is 2.51 bits per heavy atom. The van der Waals surface area contributed by atoms with Gasteiger partial charge in [-0.1, -0.05) is 71.7 Å². The van der Waals surface area contributed by atoms with Gasteiger partial charge in [0.1, 0.15) is 11.5 Å². The zero-order valence-corrected chi connectivity index (χ0v) is 20.1. The molecule has 1 amide bonds. The lowest BCUT2D eigenvalue weighted by atomic mass is 10.0. The highest BCUT2D eigenvalue weighted by molar-refractivity contribution is 6.33. The van der Waals surface area contributed by atoms with E-state index >= 15 is 0 Å². The smallest absolute Gasteiger partial charge is 0.345 e. The van der Waals surface area contributed by atoms with Crippen molar-refractivity contribution in [2.24, 2.45) is 5.10 Å². The molecule has 0 radical (unpaired) electrons. The quantitative estimate of drug-likeness (QED) is 0.138. The fourth-order valence-electron chi connectivity index (χ4n) is 3.33. The van der Waals surface area contributed by atoms with Gasteiger partial charge < -0.3 is 9.47 Å². The Morgan fingerprint density at radius 2 is 1.71 bits per heavy atom. The number of esters is 1. The molecule has 1 N–H and O–H groups in total. The van der Waals surface area contributed by atoms with Crippen molar-refractivity contribution in [1.29, 1.82) is 0 Å². The summed E-state index contributed by atoms with van der Waals surface area (Å²) in [6.45, 7) is 1.60. The minimum absolute atomic E-state index is 0.241. The minimum Gasteiger partial charge on any atom is -0.481 e. The molecule has 0 saturated carbocycles. The van der Waals surface area contributed by atoms with Crippen LogP contribution < -0.4 is 14.9 Å². The molecular formula is C27H20Cl2N2O4. The molecule has 0 aliphatic heterocycles. The van der Waals surface area contributed by atoms with E-state index in [1.807, 2.05) is 30.3 Å². The van der Waals surface area contributed by atoms with E-state index in [0.717, 1.165) is 10.8 Å². The van der Waals surface area contributed by atoms with Gasteiger partial charge in [0.2, 0.25) is 0 Å². The molecule has 0 aromatic heterocycles. The Bertz CT molecular complexity index is 1420. The number of benzene rings is 4. The number of hydrazone groups is 1. The fourth-order valence-corrected chi connectivity index (χ4v) is 3.72. The Morgan fingerprint density at radius 1 is 0.943 bits per heavy atom. The van der Waals surface area contributed by atoms with Gasteiger partial charge in [-0.15, -0.1) is 0 Å². The first-order valence-electron chi connectivity index (χ1n) is 10.7. The summed E-state index contributed by atoms with van der Waals surface area (Å²) < 4.78 is 11.3. The molecule has 0 fully saturated rings. The fraction of sp³-hybridized carbons (Fsp3) is 0.0741. The van der Waals surface area contributed by atoms with Crippen LogP contribution in [0.5, 0.6) is 11.5 Å². The van der Waals surface area contributed by atoms with E-state index in [0.29, 0.717) is 16.3 Å². The molecule has 35 heavy (non-hydrogen) atoms. The summed E-state index contributed by atoms with van der Waals surface area (Å²) >= 11 is 12.1. The Kier molecular flexibility index (Phi) is 7.65. The Hall–Kier alpha value is -3.87. The molecule has 6 nitrogen and oxygen atoms in total. The summed E-state index contributed by atoms with van der Waals surface area (Å²) in [5, 5.41) is 6.57. The number of ether oxygens (including phenoxy) is 2. The van der Waals surface area contributed by atoms with Gasteiger partial charge in [0.05, 0.1) is 16.8 Å². The molecule has 0 aliphatic rings. The predicted molar refractivity (Wildman–Crippen MR) is 138 cm³/mol. The van der Waals surface area contributed by atoms with E-state index in [1.54, 1.807) is 61.5 Å². The minimum atomic E-state index is -0.823. The van der Waals surface area contributed by atoms with Crippen LogP contribution >= 0.6 is 23.2 Å². The largest absolute Gasteiger partial charge is 0.481 e. The normalized spacial score (nSPS) is 11.9. The maximum Gasteiger partial charge on any atom is 0.345 e. The van der Waals surface area contributed by atoms with Crippen molar-refractivity contribution < 1.29 is 19.1 Å². The van der Waals surface area contributed by atoms with Crippen LogP contribution in [0.4, 0.5) is 0 Å². The zero-order chi connectivity index (χ0) is 24.8. The summed E-state index contributed by atoms with van der Waals surface area (Å²) in [6, 6.07) is 24.4. The first kappa shape index (κ1) is 24.3. The van der Waals surface area contributed by atoms with Gasteiger partial charge in [0.25, 0.3) is 5.91 Å². The lowest BCUT2D eigenvalue weighted by molar-refractivity contribution is -0.127. The van der Waals surface area contributed by atoms with Gasteiger partial charge in [-0.25, -0.2) is 10.2 Å². The van der Waals surface area contributed by atoms with Crippen molar-refractivity contribution in [3.8, 4) is 11.5 Å². The van der Waals surface area contributed by atoms with Crippen LogP contribution in [0.2, 0.25) is 10.0 Å². The first-order chi connectivity index (χ1) is 16.9. The number of hydrogen-bond donors (Lipinski definition) is 1. The maximum atomic E-state index is 12.7. The number of halogens is 2. The number of carbonyl (C=O) groups is 2. The molecule has 176 valence electrons. The number of hydrogen-bond acceptors (Lipinski definition) is 5. The first-order valence-corrected chi connectivity index (χ1v) is 11.4. The lowest BCUT2D eigenvalue weighted by Gasteiger charge is -2.13. The van der Waals surface area contributed by atoms with Crippen LogP contribution in [0, 0.1) is 0 Å². The number of nitrogens with zero attached hydrogens (tertiary/aromatic N) is 1. The maximum absolute atomic E-state index is 12.7. The van der Waals surface area contributed by atoms with Gasteiger partial charge in [-0.05, 0) is 54.1 Å². The highest BCUT2D eigenvalue weighted by atomic mass is 35.5. The van der Waals surface area contributed by atoms with Crippen molar-refractivity contribution in [1.82, 2.24) is 5.43 Å². The Labute approximate surface area is 212 Å². The third-order valence-corrected chi connectivity index (χ3v) is 5.64. The monoisotopic (exact) mass is 506 g/mol. The predicted octanol–water partition coefficient (Wildman–Crippen LogP) is 6.28. The van der Waals surface area contributed by atoms with Crippen LogP contribution in [-0.4, -0.2) is 24.2 Å². The second-order valence-corrected chi connectivity index (χ2v) is 8.36. The summed E-state index contributed by atoms with van der Waals surface area (Å²) in [5.74, 6) is -0.328. The standard InChI is InChI=1S/C27H20Cl2N2O4/c1-17(34-20-9-6-8-19(28)15-20)26(32)31-30-16-23-21-10-3-2-7-18(21)13-14-25(23)35-27(33)22-11-4-5-12-24(22)29/h2-17H,1H3,(H,31,32)/b30-16+. The van der Waals surface area contributed by atoms with Crippen LogP contribution in [0.1, 0.15) is 22.8 Å². The summed E-state index contributed by atoms with van der Waals surface area (Å²) in [6.07, 6.45) is 0.609. The number of fused-ring (bicyclic) bond motifs is 1. The van der Waals surface area contributed by atoms with E-state index < -0.39 is 18.0 Å². The van der Waals surface area contributed by atoms with Crippen LogP contribution in [-0.2, 0) is 4.79 Å². The average Bonchev–Trinajstić information content (AvgIpc) is 2.85. The molecule has 0 bridgehead atoms. The number of amides is 1. The molecule has 4 rings (SSSR count). The van der Waals surface area contributed by atoms with Crippen LogP contribution in [0.25, 0.3) is 10.8 Å². The molecule has 0 saturated heterocycles. The van der Waals surface area contributed by atoms with E-state index in [2.05, 4.69) is 10.5 Å². The number of rotatable bonds is 7. The van der Waals surface area contributed by atoms with Gasteiger partial charge in [0.15, 0.2) is 6.10 Å². The third kappa shape index (κ3) is 5.98. The Balaban J connectivity index is 1.55. The van der Waals surface area contributed by atoms with Crippen LogP contribution in [0.15, 0.2) is 90.0 Å². The summed E-state index contributed by atoms with van der Waals surface area (Å²) in [5.41, 5.74) is 3.22. The van der Waals surface area contributed by atoms with Crippen molar-refractivity contribution >= 4 is 52.1 Å². The van der Waals surface area contributed by atoms with Gasteiger partial charge in [0, 0.05) is 10.6 Å². The molecule has 1 unspecified atom stereocenters. The topological polar surface area (TPSA) is 77.0 Å². The summed E-state index contributed by atoms with van der Waals surface area (Å²) in [7, 11) is 0. The molecule has 0 spiro atoms. The van der Waals surface area contributed by atoms with Crippen molar-refractivity contribution in [2.45, 2.75) is 13.0 Å². The van der Waals surface area contributed by atoms with E-state index in [1.165, 1.54) is 6.21 Å². The van der Waals surface area contributed by atoms with E-state index in [4.69, 9.17) is 32.7 Å². The highest BCUT2D eigenvalue weighted by Gasteiger charge is 2.17. The van der Waals surface area contributed by atoms with Gasteiger partial charge in [-0.2, -0.15) is 5.10 Å². The number of carbonyl (C=O) groups excluding carboxylic acids is 2. The lowest BCUT2D eigenvalue weighted by Crippen LogP contribution is -2.33. The second kappa shape index (κ2) is 11.0. The SMILES string of the molecule is CC(Oc1cccc(Cl)c1)C(=O)N/N=C/c1c(OC(=O)c2ccccc2Cl)ccc2ccccc12. The van der Waals surface area contributed by atoms with E-state index in [-0.39, 0.29) is 16.3 Å². The zero-order valence-electron chi connectivity index (χ0n) is 18.6. The molecular weight excluding hydrogens is 487 g/mol. The third-order valence-electron chi connectivity index (χ3n) is 5.07.